The lowest BCUT2D eigenvalue weighted by Gasteiger charge is -2.38. The molecule has 0 saturated carbocycles. The first kappa shape index (κ1) is 26.5. The summed E-state index contributed by atoms with van der Waals surface area (Å²) in [5.41, 5.74) is 2.88. The van der Waals surface area contributed by atoms with Crippen LogP contribution in [0.25, 0.3) is 11.3 Å². The van der Waals surface area contributed by atoms with Crippen molar-refractivity contribution in [2.75, 3.05) is 51.9 Å². The summed E-state index contributed by atoms with van der Waals surface area (Å²) >= 11 is 0. The number of likely N-dealkylation sites (tertiary alicyclic amines) is 1. The normalized spacial score (nSPS) is 15.8. The van der Waals surface area contributed by atoms with E-state index in [0.717, 1.165) is 18.4 Å². The lowest BCUT2D eigenvalue weighted by Crippen LogP contribution is -2.55. The molecule has 3 aromatic rings. The lowest BCUT2D eigenvalue weighted by molar-refractivity contribution is -0.0556. The molecule has 2 saturated heterocycles. The Bertz CT molecular complexity index is 1320. The third-order valence-electron chi connectivity index (χ3n) is 6.53. The molecular weight excluding hydrogens is 500 g/mol. The first-order valence-electron chi connectivity index (χ1n) is 12.9. The number of nitrogens with one attached hydrogen (secondary N) is 1. The second-order valence-corrected chi connectivity index (χ2v) is 9.27. The molecule has 2 aliphatic rings. The van der Waals surface area contributed by atoms with E-state index < -0.39 is 0 Å². The molecule has 11 heteroatoms. The van der Waals surface area contributed by atoms with Crippen LogP contribution in [-0.4, -0.2) is 84.6 Å². The third kappa shape index (κ3) is 6.67. The average Bonchev–Trinajstić information content (AvgIpc) is 2.95. The van der Waals surface area contributed by atoms with Gasteiger partial charge in [-0.15, -0.1) is 0 Å². The van der Waals surface area contributed by atoms with Crippen LogP contribution in [-0.2, 0) is 14.2 Å². The number of nitriles is 1. The number of aromatic nitrogens is 3. The van der Waals surface area contributed by atoms with Gasteiger partial charge in [-0.3, -0.25) is 4.79 Å². The number of methoxy groups -OCH3 is 1. The Morgan fingerprint density at radius 2 is 1.97 bits per heavy atom. The van der Waals surface area contributed by atoms with Crippen LogP contribution in [0.2, 0.25) is 0 Å². The van der Waals surface area contributed by atoms with Gasteiger partial charge in [0.15, 0.2) is 0 Å². The van der Waals surface area contributed by atoms with Crippen molar-refractivity contribution in [2.45, 2.75) is 25.0 Å². The van der Waals surface area contributed by atoms with E-state index >= 15 is 0 Å². The second kappa shape index (κ2) is 12.6. The molecule has 202 valence electrons. The maximum absolute atomic E-state index is 12.7. The van der Waals surface area contributed by atoms with Crippen LogP contribution < -0.4 is 10.1 Å². The van der Waals surface area contributed by atoms with Crippen molar-refractivity contribution in [1.29, 1.82) is 5.26 Å². The smallest absolute Gasteiger partial charge is 0.272 e. The van der Waals surface area contributed by atoms with Crippen molar-refractivity contribution < 1.29 is 23.7 Å². The molecule has 0 bridgehead atoms. The summed E-state index contributed by atoms with van der Waals surface area (Å²) in [7, 11) is 1.63. The number of rotatable bonds is 10. The van der Waals surface area contributed by atoms with Crippen molar-refractivity contribution in [3.05, 3.63) is 60.0 Å². The zero-order chi connectivity index (χ0) is 27.0. The number of hydrogen-bond acceptors (Lipinski definition) is 10. The molecule has 2 aliphatic heterocycles. The molecule has 1 amide bonds. The maximum atomic E-state index is 12.7. The summed E-state index contributed by atoms with van der Waals surface area (Å²) < 4.78 is 22.0. The van der Waals surface area contributed by atoms with Gasteiger partial charge in [0.1, 0.15) is 23.6 Å². The highest BCUT2D eigenvalue weighted by Crippen LogP contribution is 2.28. The lowest BCUT2D eigenvalue weighted by atomic mass is 10.1. The molecule has 0 atom stereocenters. The van der Waals surface area contributed by atoms with Crippen LogP contribution in [0.15, 0.2) is 48.8 Å². The SMILES string of the molecule is COCCOC1CN(C(=O)c2ccc(Nc3nccc(-c4ccc(OC5CCOCC5)c(C#N)c4)n3)cn2)C1. The van der Waals surface area contributed by atoms with Gasteiger partial charge in [0.25, 0.3) is 5.91 Å². The summed E-state index contributed by atoms with van der Waals surface area (Å²) in [4.78, 5) is 27.6. The molecule has 0 aliphatic carbocycles. The second-order valence-electron chi connectivity index (χ2n) is 9.27. The van der Waals surface area contributed by atoms with E-state index in [4.69, 9.17) is 18.9 Å². The van der Waals surface area contributed by atoms with E-state index in [1.165, 1.54) is 0 Å². The maximum Gasteiger partial charge on any atom is 0.272 e. The van der Waals surface area contributed by atoms with E-state index in [1.54, 1.807) is 48.7 Å². The number of amides is 1. The molecule has 4 heterocycles. The van der Waals surface area contributed by atoms with Gasteiger partial charge in [-0.1, -0.05) is 0 Å². The van der Waals surface area contributed by atoms with E-state index in [-0.39, 0.29) is 18.1 Å². The Kier molecular flexibility index (Phi) is 8.58. The summed E-state index contributed by atoms with van der Waals surface area (Å²) in [6.45, 7) is 3.47. The molecule has 2 aromatic heterocycles. The fourth-order valence-corrected chi connectivity index (χ4v) is 4.33. The monoisotopic (exact) mass is 530 g/mol. The number of hydrogen-bond donors (Lipinski definition) is 1. The van der Waals surface area contributed by atoms with Crippen LogP contribution in [0.4, 0.5) is 11.6 Å². The molecule has 0 radical (unpaired) electrons. The quantitative estimate of drug-likeness (QED) is 0.390. The van der Waals surface area contributed by atoms with E-state index in [9.17, 15) is 10.1 Å². The van der Waals surface area contributed by atoms with E-state index in [1.807, 2.05) is 12.1 Å². The molecule has 2 fully saturated rings. The Morgan fingerprint density at radius 3 is 2.72 bits per heavy atom. The molecule has 11 nitrogen and oxygen atoms in total. The predicted octanol–water partition coefficient (Wildman–Crippen LogP) is 3.20. The molecule has 0 unspecified atom stereocenters. The van der Waals surface area contributed by atoms with Crippen LogP contribution in [0.5, 0.6) is 5.75 Å². The van der Waals surface area contributed by atoms with Crippen LogP contribution >= 0.6 is 0 Å². The highest BCUT2D eigenvalue weighted by molar-refractivity contribution is 5.93. The average molecular weight is 531 g/mol. The van der Waals surface area contributed by atoms with E-state index in [0.29, 0.717) is 73.9 Å². The molecular formula is C28H30N6O5. The predicted molar refractivity (Wildman–Crippen MR) is 142 cm³/mol. The van der Waals surface area contributed by atoms with Gasteiger partial charge in [0.05, 0.1) is 55.7 Å². The Hall–Kier alpha value is -4.11. The number of benzene rings is 1. The summed E-state index contributed by atoms with van der Waals surface area (Å²) in [5, 5.41) is 12.8. The summed E-state index contributed by atoms with van der Waals surface area (Å²) in [6, 6.07) is 12.9. The minimum Gasteiger partial charge on any atom is -0.489 e. The highest BCUT2D eigenvalue weighted by Gasteiger charge is 2.32. The fourth-order valence-electron chi connectivity index (χ4n) is 4.33. The van der Waals surface area contributed by atoms with Gasteiger partial charge in [-0.2, -0.15) is 5.26 Å². The van der Waals surface area contributed by atoms with Crippen molar-refractivity contribution in [2.24, 2.45) is 0 Å². The molecule has 1 aromatic carbocycles. The van der Waals surface area contributed by atoms with Gasteiger partial charge >= 0.3 is 0 Å². The summed E-state index contributed by atoms with van der Waals surface area (Å²) in [6.07, 6.45) is 4.91. The van der Waals surface area contributed by atoms with Gasteiger partial charge < -0.3 is 29.2 Å². The number of nitrogens with zero attached hydrogens (tertiary/aromatic N) is 5. The molecule has 0 spiro atoms. The van der Waals surface area contributed by atoms with Gasteiger partial charge in [0.2, 0.25) is 5.95 Å². The number of ether oxygens (including phenoxy) is 4. The third-order valence-corrected chi connectivity index (χ3v) is 6.53. The van der Waals surface area contributed by atoms with Gasteiger partial charge in [-0.05, 0) is 36.4 Å². The van der Waals surface area contributed by atoms with Crippen molar-refractivity contribution in [3.8, 4) is 23.1 Å². The fraction of sp³-hybridized carbons (Fsp3) is 0.393. The van der Waals surface area contributed by atoms with E-state index in [2.05, 4.69) is 26.3 Å². The topological polar surface area (TPSA) is 132 Å². The first-order chi connectivity index (χ1) is 19.1. The first-order valence-corrected chi connectivity index (χ1v) is 12.9. The molecule has 5 rings (SSSR count). The number of carbonyl (C=O) groups is 1. The van der Waals surface area contributed by atoms with Crippen LogP contribution in [0.3, 0.4) is 0 Å². The molecule has 1 N–H and O–H groups in total. The number of anilines is 2. The zero-order valence-corrected chi connectivity index (χ0v) is 21.7. The Morgan fingerprint density at radius 1 is 1.13 bits per heavy atom. The van der Waals surface area contributed by atoms with Crippen LogP contribution in [0, 0.1) is 11.3 Å². The minimum absolute atomic E-state index is 0.0365. The Labute approximate surface area is 226 Å². The highest BCUT2D eigenvalue weighted by atomic mass is 16.5. The molecule has 39 heavy (non-hydrogen) atoms. The van der Waals surface area contributed by atoms with Crippen LogP contribution in [0.1, 0.15) is 28.9 Å². The van der Waals surface area contributed by atoms with Crippen molar-refractivity contribution >= 4 is 17.5 Å². The largest absolute Gasteiger partial charge is 0.489 e. The number of pyridine rings is 1. The Balaban J connectivity index is 1.20. The van der Waals surface area contributed by atoms with Gasteiger partial charge in [0, 0.05) is 44.8 Å². The number of carbonyl (C=O) groups excluding carboxylic acids is 1. The minimum atomic E-state index is -0.135. The standard InChI is InChI=1S/C28H30N6O5/c1-36-12-13-38-23-17-34(18-23)27(35)25-4-3-21(16-31-25)32-28-30-9-6-24(33-28)19-2-5-26(20(14-19)15-29)39-22-7-10-37-11-8-22/h2-6,9,14,16,22-23H,7-8,10-13,17-18H2,1H3,(H,30,32,33). The van der Waals surface area contributed by atoms with Crippen molar-refractivity contribution in [3.63, 3.8) is 0 Å². The summed E-state index contributed by atoms with van der Waals surface area (Å²) in [5.74, 6) is 0.797. The zero-order valence-electron chi connectivity index (χ0n) is 21.7. The van der Waals surface area contributed by atoms with Gasteiger partial charge in [-0.25, -0.2) is 15.0 Å². The van der Waals surface area contributed by atoms with Crippen molar-refractivity contribution in [1.82, 2.24) is 19.9 Å².